The van der Waals surface area contributed by atoms with E-state index in [0.717, 1.165) is 0 Å². The lowest BCUT2D eigenvalue weighted by atomic mass is 10.1. The van der Waals surface area contributed by atoms with Crippen LogP contribution in [0.2, 0.25) is 0 Å². The van der Waals surface area contributed by atoms with Crippen LogP contribution in [0.4, 0.5) is 4.39 Å². The van der Waals surface area contributed by atoms with Gasteiger partial charge in [-0.3, -0.25) is 14.2 Å². The van der Waals surface area contributed by atoms with Gasteiger partial charge in [0.15, 0.2) is 10.9 Å². The van der Waals surface area contributed by atoms with Gasteiger partial charge >= 0.3 is 0 Å². The first-order chi connectivity index (χ1) is 15.1. The highest BCUT2D eigenvalue weighted by Gasteiger charge is 2.16. The normalized spacial score (nSPS) is 10.9. The molecule has 0 aliphatic heterocycles. The maximum absolute atomic E-state index is 14.5. The van der Waals surface area contributed by atoms with Crippen molar-refractivity contribution in [3.63, 3.8) is 0 Å². The summed E-state index contributed by atoms with van der Waals surface area (Å²) >= 11 is 1.29. The highest BCUT2D eigenvalue weighted by atomic mass is 32.2. The Morgan fingerprint density at radius 1 is 1.03 bits per heavy atom. The molecule has 4 rings (SSSR count). The van der Waals surface area contributed by atoms with Crippen LogP contribution in [0.3, 0.4) is 0 Å². The molecule has 0 amide bonds. The number of rotatable bonds is 7. The summed E-state index contributed by atoms with van der Waals surface area (Å²) in [4.78, 5) is 29.5. The van der Waals surface area contributed by atoms with Crippen LogP contribution in [0.25, 0.3) is 16.6 Å². The Labute approximate surface area is 182 Å². The lowest BCUT2D eigenvalue weighted by molar-refractivity contribution is 0.101. The molecule has 0 spiro atoms. The molecule has 0 unspecified atom stereocenters. The molecule has 0 aliphatic rings. The van der Waals surface area contributed by atoms with Crippen LogP contribution in [-0.2, 0) is 0 Å². The van der Waals surface area contributed by atoms with Crippen LogP contribution in [0.1, 0.15) is 17.3 Å². The Hall–Kier alpha value is -3.45. The summed E-state index contributed by atoms with van der Waals surface area (Å²) < 4.78 is 21.6. The first-order valence-corrected chi connectivity index (χ1v) is 10.7. The van der Waals surface area contributed by atoms with Crippen molar-refractivity contribution >= 4 is 28.4 Å². The number of thioether (sulfide) groups is 1. The fourth-order valence-corrected chi connectivity index (χ4v) is 4.05. The van der Waals surface area contributed by atoms with Crippen molar-refractivity contribution in [3.05, 3.63) is 94.5 Å². The second-order valence-electron chi connectivity index (χ2n) is 6.75. The van der Waals surface area contributed by atoms with E-state index in [9.17, 15) is 14.0 Å². The molecule has 0 saturated heterocycles. The van der Waals surface area contributed by atoms with Gasteiger partial charge in [0.1, 0.15) is 11.6 Å². The summed E-state index contributed by atoms with van der Waals surface area (Å²) in [6.07, 6.45) is 0. The van der Waals surface area contributed by atoms with Crippen LogP contribution in [-0.4, -0.2) is 27.7 Å². The number of hydrogen-bond acceptors (Lipinski definition) is 5. The number of ketones is 1. The van der Waals surface area contributed by atoms with Gasteiger partial charge in [-0.1, -0.05) is 48.2 Å². The minimum atomic E-state index is -0.504. The van der Waals surface area contributed by atoms with E-state index in [1.54, 1.807) is 66.7 Å². The van der Waals surface area contributed by atoms with Gasteiger partial charge < -0.3 is 4.74 Å². The van der Waals surface area contributed by atoms with E-state index in [2.05, 4.69) is 4.98 Å². The molecule has 0 radical (unpaired) electrons. The van der Waals surface area contributed by atoms with Gasteiger partial charge in [-0.2, -0.15) is 0 Å². The molecule has 31 heavy (non-hydrogen) atoms. The lowest BCUT2D eigenvalue weighted by Gasteiger charge is -2.14. The average Bonchev–Trinajstić information content (AvgIpc) is 2.78. The zero-order valence-corrected chi connectivity index (χ0v) is 17.6. The van der Waals surface area contributed by atoms with E-state index >= 15 is 0 Å². The fourth-order valence-electron chi connectivity index (χ4n) is 3.22. The maximum Gasteiger partial charge on any atom is 0.266 e. The Balaban J connectivity index is 1.63. The zero-order valence-electron chi connectivity index (χ0n) is 16.7. The van der Waals surface area contributed by atoms with Crippen molar-refractivity contribution in [1.29, 1.82) is 0 Å². The number of para-hydroxylation sites is 3. The molecule has 0 bridgehead atoms. The van der Waals surface area contributed by atoms with Crippen LogP contribution < -0.4 is 10.3 Å². The van der Waals surface area contributed by atoms with E-state index in [1.807, 2.05) is 0 Å². The topological polar surface area (TPSA) is 61.2 Å². The molecule has 156 valence electrons. The molecule has 0 atom stereocenters. The first-order valence-electron chi connectivity index (χ1n) is 9.68. The Morgan fingerprint density at radius 3 is 2.55 bits per heavy atom. The number of ether oxygens (including phenoxy) is 1. The Bertz CT molecular complexity index is 1320. The van der Waals surface area contributed by atoms with Crippen LogP contribution in [0.5, 0.6) is 5.75 Å². The second-order valence-corrected chi connectivity index (χ2v) is 7.81. The lowest BCUT2D eigenvalue weighted by Crippen LogP contribution is -2.23. The van der Waals surface area contributed by atoms with Crippen LogP contribution in [0.15, 0.2) is 82.7 Å². The summed E-state index contributed by atoms with van der Waals surface area (Å²) in [7, 11) is 0. The van der Waals surface area contributed by atoms with E-state index in [4.69, 9.17) is 4.74 Å². The predicted molar refractivity (Wildman–Crippen MR) is 120 cm³/mol. The smallest absolute Gasteiger partial charge is 0.266 e. The first kappa shape index (κ1) is 20.8. The molecular formula is C24H19FN2O3S. The standard InChI is InChI=1S/C24H19FN2O3S/c1-16(28)17-8-3-7-13-22(17)30-14-15-31-24-26-20-11-5-2-9-18(20)23(29)27(24)21-12-6-4-10-19(21)25/h2-13H,14-15H2,1H3. The Morgan fingerprint density at radius 2 is 1.74 bits per heavy atom. The number of benzene rings is 3. The molecular weight excluding hydrogens is 415 g/mol. The van der Waals surface area contributed by atoms with Crippen molar-refractivity contribution < 1.29 is 13.9 Å². The third kappa shape index (κ3) is 4.36. The average molecular weight is 434 g/mol. The van der Waals surface area contributed by atoms with Gasteiger partial charge in [-0.05, 0) is 43.3 Å². The highest BCUT2D eigenvalue weighted by Crippen LogP contribution is 2.24. The number of carbonyl (C=O) groups is 1. The van der Waals surface area contributed by atoms with Crippen molar-refractivity contribution in [2.75, 3.05) is 12.4 Å². The molecule has 5 nitrogen and oxygen atoms in total. The number of aromatic nitrogens is 2. The monoisotopic (exact) mass is 434 g/mol. The molecule has 1 heterocycles. The fraction of sp³-hybridized carbons (Fsp3) is 0.125. The number of Topliss-reactive ketones (excluding diaryl/α,β-unsaturated/α-hetero) is 1. The van der Waals surface area contributed by atoms with Crippen molar-refractivity contribution in [3.8, 4) is 11.4 Å². The molecule has 1 aromatic heterocycles. The van der Waals surface area contributed by atoms with Gasteiger partial charge in [0, 0.05) is 5.75 Å². The molecule has 0 saturated carbocycles. The number of halogens is 1. The molecule has 4 aromatic rings. The van der Waals surface area contributed by atoms with E-state index in [0.29, 0.717) is 33.1 Å². The van der Waals surface area contributed by atoms with Crippen molar-refractivity contribution in [2.24, 2.45) is 0 Å². The van der Waals surface area contributed by atoms with Crippen LogP contribution in [0, 0.1) is 5.82 Å². The second kappa shape index (κ2) is 9.14. The number of carbonyl (C=O) groups excluding carboxylic acids is 1. The predicted octanol–water partition coefficient (Wildman–Crippen LogP) is 4.90. The largest absolute Gasteiger partial charge is 0.492 e. The SMILES string of the molecule is CC(=O)c1ccccc1OCCSc1nc2ccccc2c(=O)n1-c1ccccc1F. The summed E-state index contributed by atoms with van der Waals surface area (Å²) in [5.74, 6) is 0.377. The minimum Gasteiger partial charge on any atom is -0.492 e. The molecule has 3 aromatic carbocycles. The maximum atomic E-state index is 14.5. The van der Waals surface area contributed by atoms with Crippen molar-refractivity contribution in [2.45, 2.75) is 12.1 Å². The van der Waals surface area contributed by atoms with E-state index in [1.165, 1.54) is 29.3 Å². The summed E-state index contributed by atoms with van der Waals surface area (Å²) in [6, 6.07) is 20.1. The van der Waals surface area contributed by atoms with Gasteiger partial charge in [-0.15, -0.1) is 0 Å². The number of fused-ring (bicyclic) bond motifs is 1. The number of hydrogen-bond donors (Lipinski definition) is 0. The van der Waals surface area contributed by atoms with Gasteiger partial charge in [0.05, 0.1) is 28.8 Å². The molecule has 0 fully saturated rings. The summed E-state index contributed by atoms with van der Waals surface area (Å²) in [5, 5.41) is 0.791. The third-order valence-corrected chi connectivity index (χ3v) is 5.58. The summed E-state index contributed by atoms with van der Waals surface area (Å²) in [6.45, 7) is 1.78. The van der Waals surface area contributed by atoms with Gasteiger partial charge in [0.25, 0.3) is 5.56 Å². The van der Waals surface area contributed by atoms with Gasteiger partial charge in [-0.25, -0.2) is 9.37 Å². The minimum absolute atomic E-state index is 0.0761. The highest BCUT2D eigenvalue weighted by molar-refractivity contribution is 7.99. The molecule has 0 N–H and O–H groups in total. The Kier molecular flexibility index (Phi) is 6.13. The van der Waals surface area contributed by atoms with Crippen molar-refractivity contribution in [1.82, 2.24) is 9.55 Å². The molecule has 7 heteroatoms. The zero-order chi connectivity index (χ0) is 21.8. The van der Waals surface area contributed by atoms with E-state index in [-0.39, 0.29) is 23.6 Å². The molecule has 0 aliphatic carbocycles. The quantitative estimate of drug-likeness (QED) is 0.179. The summed E-state index contributed by atoms with van der Waals surface area (Å²) in [5.41, 5.74) is 0.877. The number of nitrogens with zero attached hydrogens (tertiary/aromatic N) is 2. The van der Waals surface area contributed by atoms with E-state index < -0.39 is 5.82 Å². The van der Waals surface area contributed by atoms with Crippen LogP contribution >= 0.6 is 11.8 Å². The third-order valence-electron chi connectivity index (χ3n) is 4.68. The van der Waals surface area contributed by atoms with Gasteiger partial charge in [0.2, 0.25) is 0 Å².